The largest absolute Gasteiger partial charge is 0.498 e. The van der Waals surface area contributed by atoms with Gasteiger partial charge in [-0.15, -0.1) is 0 Å². The first-order chi connectivity index (χ1) is 10.6. The Labute approximate surface area is 146 Å². The Bertz CT molecular complexity index is 664. The van der Waals surface area contributed by atoms with E-state index in [1.54, 1.807) is 12.1 Å². The van der Waals surface area contributed by atoms with Crippen molar-refractivity contribution >= 4 is 34.9 Å². The number of carboxylic acid groups (broad SMARTS) is 1. The van der Waals surface area contributed by atoms with E-state index in [2.05, 4.69) is 0 Å². The Morgan fingerprint density at radius 2 is 1.96 bits per heavy atom. The zero-order valence-electron chi connectivity index (χ0n) is 13.5. The molecule has 0 radical (unpaired) electrons. The predicted octanol–water partition coefficient (Wildman–Crippen LogP) is 3.10. The number of nitrogens with zero attached hydrogens (tertiary/aromatic N) is 1. The summed E-state index contributed by atoms with van der Waals surface area (Å²) < 4.78 is -0.201. The Morgan fingerprint density at radius 3 is 2.43 bits per heavy atom. The second-order valence-electron chi connectivity index (χ2n) is 6.91. The van der Waals surface area contributed by atoms with Crippen LogP contribution in [-0.4, -0.2) is 40.9 Å². The average Bonchev–Trinajstić information content (AvgIpc) is 2.48. The van der Waals surface area contributed by atoms with E-state index in [9.17, 15) is 15.0 Å². The van der Waals surface area contributed by atoms with Gasteiger partial charge in [0.05, 0.1) is 28.7 Å². The van der Waals surface area contributed by atoms with Gasteiger partial charge >= 0.3 is 0 Å². The highest BCUT2D eigenvalue weighted by Crippen LogP contribution is 2.37. The number of hydrogen-bond donors (Lipinski definition) is 1. The molecule has 1 atom stereocenters. The molecule has 0 aromatic heterocycles. The summed E-state index contributed by atoms with van der Waals surface area (Å²) in [6.07, 6.45) is -0.587. The summed E-state index contributed by atoms with van der Waals surface area (Å²) in [6.45, 7) is 6.06. The maximum Gasteiger partial charge on any atom is 0.258 e. The van der Waals surface area contributed by atoms with Crippen LogP contribution in [0.25, 0.3) is 5.57 Å². The number of carbonyl (C=O) groups excluding carboxylic acids is 1. The van der Waals surface area contributed by atoms with Crippen LogP contribution in [0.2, 0.25) is 10.0 Å². The van der Waals surface area contributed by atoms with Crippen molar-refractivity contribution in [2.75, 3.05) is 19.7 Å². The van der Waals surface area contributed by atoms with Crippen molar-refractivity contribution in [1.82, 2.24) is 0 Å². The molecule has 23 heavy (non-hydrogen) atoms. The van der Waals surface area contributed by atoms with Gasteiger partial charge in [0, 0.05) is 12.0 Å². The number of carbonyl (C=O) groups is 1. The van der Waals surface area contributed by atoms with Crippen molar-refractivity contribution in [2.24, 2.45) is 0 Å². The predicted molar refractivity (Wildman–Crippen MR) is 90.2 cm³/mol. The molecule has 6 heteroatoms. The van der Waals surface area contributed by atoms with Crippen LogP contribution in [0, 0.1) is 0 Å². The van der Waals surface area contributed by atoms with Gasteiger partial charge in [-0.25, -0.2) is 0 Å². The van der Waals surface area contributed by atoms with Gasteiger partial charge in [-0.2, -0.15) is 0 Å². The molecule has 1 unspecified atom stereocenters. The first kappa shape index (κ1) is 18.3. The monoisotopic (exact) mass is 357 g/mol. The van der Waals surface area contributed by atoms with E-state index in [1.807, 2.05) is 26.8 Å². The Morgan fingerprint density at radius 1 is 1.30 bits per heavy atom. The van der Waals surface area contributed by atoms with Gasteiger partial charge in [-0.05, 0) is 44.0 Å². The number of rotatable bonds is 2. The third-order valence-electron chi connectivity index (χ3n) is 4.72. The minimum Gasteiger partial charge on any atom is -0.498 e. The molecule has 1 N–H and O–H groups in total. The van der Waals surface area contributed by atoms with Crippen molar-refractivity contribution in [1.29, 1.82) is 0 Å². The standard InChI is InChI=1S/C17H21Cl2NO3/c1-17(2,3)20(16(22)23)7-6-13(12(9-20)10-21)11-4-5-14(18)15(19)8-11/h4-5,8,21H,6-7,9-10H2,1-3H3. The molecule has 1 aliphatic heterocycles. The molecular formula is C17H21Cl2NO3. The number of hydrogen-bond acceptors (Lipinski definition) is 3. The first-order valence-electron chi connectivity index (χ1n) is 7.48. The van der Waals surface area contributed by atoms with Crippen LogP contribution in [0.5, 0.6) is 0 Å². The molecular weight excluding hydrogens is 337 g/mol. The lowest BCUT2D eigenvalue weighted by atomic mass is 9.88. The lowest BCUT2D eigenvalue weighted by Gasteiger charge is -2.50. The summed E-state index contributed by atoms with van der Waals surface area (Å²) in [4.78, 5) is 11.8. The van der Waals surface area contributed by atoms with Crippen LogP contribution >= 0.6 is 23.2 Å². The highest BCUT2D eigenvalue weighted by molar-refractivity contribution is 6.42. The van der Waals surface area contributed by atoms with Gasteiger partial charge in [0.2, 0.25) is 0 Å². The highest BCUT2D eigenvalue weighted by Gasteiger charge is 2.45. The molecule has 0 aliphatic carbocycles. The van der Waals surface area contributed by atoms with Gasteiger partial charge in [0.25, 0.3) is 6.09 Å². The number of halogens is 2. The number of amides is 1. The van der Waals surface area contributed by atoms with Gasteiger partial charge < -0.3 is 15.0 Å². The molecule has 4 nitrogen and oxygen atoms in total. The molecule has 1 aromatic carbocycles. The number of quaternary nitrogens is 1. The van der Waals surface area contributed by atoms with E-state index in [1.165, 1.54) is 0 Å². The van der Waals surface area contributed by atoms with Crippen LogP contribution in [0.1, 0.15) is 32.8 Å². The lowest BCUT2D eigenvalue weighted by molar-refractivity contribution is -0.916. The van der Waals surface area contributed by atoms with Crippen molar-refractivity contribution in [3.63, 3.8) is 0 Å². The SMILES string of the molecule is CC(C)(C)[N+]1(C(=O)[O-])CCC(c2ccc(Cl)c(Cl)c2)=C(CO)C1. The summed E-state index contributed by atoms with van der Waals surface area (Å²) in [5.74, 6) is 0. The minimum atomic E-state index is -1.11. The highest BCUT2D eigenvalue weighted by atomic mass is 35.5. The Hall–Kier alpha value is -1.07. The van der Waals surface area contributed by atoms with E-state index >= 15 is 0 Å². The maximum absolute atomic E-state index is 11.8. The Kier molecular flexibility index (Phi) is 5.12. The topological polar surface area (TPSA) is 60.4 Å². The van der Waals surface area contributed by atoms with Crippen molar-refractivity contribution in [3.8, 4) is 0 Å². The molecule has 1 aromatic rings. The third kappa shape index (κ3) is 3.26. The molecule has 2 rings (SSSR count). The van der Waals surface area contributed by atoms with Crippen molar-refractivity contribution in [2.45, 2.75) is 32.7 Å². The van der Waals surface area contributed by atoms with Crippen molar-refractivity contribution in [3.05, 3.63) is 39.4 Å². The van der Waals surface area contributed by atoms with E-state index in [-0.39, 0.29) is 17.6 Å². The molecule has 1 heterocycles. The van der Waals surface area contributed by atoms with Gasteiger partial charge in [0.1, 0.15) is 6.54 Å². The van der Waals surface area contributed by atoms with E-state index in [0.29, 0.717) is 28.6 Å². The fraction of sp³-hybridized carbons (Fsp3) is 0.471. The zero-order chi connectivity index (χ0) is 17.4. The lowest BCUT2D eigenvalue weighted by Crippen LogP contribution is -2.69. The van der Waals surface area contributed by atoms with E-state index in [0.717, 1.165) is 11.1 Å². The second-order valence-corrected chi connectivity index (χ2v) is 7.72. The van der Waals surface area contributed by atoms with E-state index < -0.39 is 11.6 Å². The fourth-order valence-electron chi connectivity index (χ4n) is 3.16. The summed E-state index contributed by atoms with van der Waals surface area (Å²) >= 11 is 12.0. The second kappa shape index (κ2) is 6.44. The summed E-state index contributed by atoms with van der Waals surface area (Å²) in [6, 6.07) is 5.31. The van der Waals surface area contributed by atoms with Crippen LogP contribution in [-0.2, 0) is 0 Å². The molecule has 1 amide bonds. The van der Waals surface area contributed by atoms with Gasteiger partial charge in [-0.1, -0.05) is 29.3 Å². The number of aliphatic hydroxyl groups is 1. The molecule has 0 bridgehead atoms. The number of benzene rings is 1. The molecule has 126 valence electrons. The molecule has 1 aliphatic rings. The zero-order valence-corrected chi connectivity index (χ0v) is 15.0. The Balaban J connectivity index is 2.50. The van der Waals surface area contributed by atoms with Gasteiger partial charge in [0.15, 0.2) is 0 Å². The van der Waals surface area contributed by atoms with Crippen LogP contribution in [0.3, 0.4) is 0 Å². The molecule has 0 spiro atoms. The van der Waals surface area contributed by atoms with Crippen LogP contribution in [0.4, 0.5) is 4.79 Å². The normalized spacial score (nSPS) is 22.3. The fourth-order valence-corrected chi connectivity index (χ4v) is 3.46. The average molecular weight is 358 g/mol. The number of aliphatic hydroxyl groups excluding tert-OH is 1. The van der Waals surface area contributed by atoms with E-state index in [4.69, 9.17) is 23.2 Å². The summed E-state index contributed by atoms with van der Waals surface area (Å²) in [5.41, 5.74) is 1.98. The molecule has 0 saturated heterocycles. The quantitative estimate of drug-likeness (QED) is 0.827. The van der Waals surface area contributed by atoms with Crippen LogP contribution < -0.4 is 5.11 Å². The summed E-state index contributed by atoms with van der Waals surface area (Å²) in [5, 5.41) is 22.5. The maximum atomic E-state index is 11.8. The first-order valence-corrected chi connectivity index (χ1v) is 8.24. The summed E-state index contributed by atoms with van der Waals surface area (Å²) in [7, 11) is 0. The molecule has 0 saturated carbocycles. The third-order valence-corrected chi connectivity index (χ3v) is 5.46. The van der Waals surface area contributed by atoms with Gasteiger partial charge in [-0.3, -0.25) is 4.48 Å². The minimum absolute atomic E-state index is 0.195. The van der Waals surface area contributed by atoms with Crippen molar-refractivity contribution < 1.29 is 19.5 Å². The molecule has 0 fully saturated rings. The smallest absolute Gasteiger partial charge is 0.258 e. The van der Waals surface area contributed by atoms with Crippen LogP contribution in [0.15, 0.2) is 23.8 Å².